The SMILES string of the molecule is Cc1ncc(C#Cc2cccc(C(=O)Cc3ccc(CN4CCN(C)CC4)cc3)c2)nc1C. The van der Waals surface area contributed by atoms with E-state index in [2.05, 4.69) is 62.9 Å². The third-order valence-electron chi connectivity index (χ3n) is 6.10. The van der Waals surface area contributed by atoms with Crippen LogP contribution in [0.5, 0.6) is 0 Å². The Morgan fingerprint density at radius 3 is 2.39 bits per heavy atom. The number of carbonyl (C=O) groups excluding carboxylic acids is 1. The third-order valence-corrected chi connectivity index (χ3v) is 6.10. The highest BCUT2D eigenvalue weighted by atomic mass is 16.1. The quantitative estimate of drug-likeness (QED) is 0.449. The molecule has 1 aliphatic heterocycles. The van der Waals surface area contributed by atoms with E-state index in [1.165, 1.54) is 5.56 Å². The van der Waals surface area contributed by atoms with Gasteiger partial charge in [-0.15, -0.1) is 0 Å². The lowest BCUT2D eigenvalue weighted by Crippen LogP contribution is -2.43. The van der Waals surface area contributed by atoms with Crippen LogP contribution in [-0.4, -0.2) is 58.8 Å². The van der Waals surface area contributed by atoms with Gasteiger partial charge in [0.15, 0.2) is 5.78 Å². The minimum atomic E-state index is 0.0939. The first-order chi connectivity index (χ1) is 16.0. The predicted molar refractivity (Wildman–Crippen MR) is 131 cm³/mol. The molecule has 168 valence electrons. The van der Waals surface area contributed by atoms with Gasteiger partial charge < -0.3 is 4.90 Å². The van der Waals surface area contributed by atoms with Crippen LogP contribution in [0.2, 0.25) is 0 Å². The first kappa shape index (κ1) is 22.8. The maximum Gasteiger partial charge on any atom is 0.167 e. The number of aryl methyl sites for hydroxylation is 2. The molecule has 0 radical (unpaired) electrons. The topological polar surface area (TPSA) is 49.3 Å². The largest absolute Gasteiger partial charge is 0.304 e. The van der Waals surface area contributed by atoms with Crippen molar-refractivity contribution in [2.24, 2.45) is 0 Å². The van der Waals surface area contributed by atoms with Gasteiger partial charge in [0.05, 0.1) is 17.6 Å². The van der Waals surface area contributed by atoms with Crippen LogP contribution >= 0.6 is 0 Å². The third kappa shape index (κ3) is 6.35. The molecule has 5 heteroatoms. The Balaban J connectivity index is 1.37. The average Bonchev–Trinajstić information content (AvgIpc) is 2.83. The van der Waals surface area contributed by atoms with E-state index >= 15 is 0 Å². The molecule has 2 aromatic carbocycles. The summed E-state index contributed by atoms with van der Waals surface area (Å²) < 4.78 is 0. The molecule has 1 aliphatic rings. The van der Waals surface area contributed by atoms with Crippen LogP contribution in [-0.2, 0) is 13.0 Å². The van der Waals surface area contributed by atoms with E-state index in [0.717, 1.165) is 55.2 Å². The number of Topliss-reactive ketones (excluding diaryl/α,β-unsaturated/α-hetero) is 1. The van der Waals surface area contributed by atoms with E-state index in [0.29, 0.717) is 17.7 Å². The molecule has 0 atom stereocenters. The molecule has 4 rings (SSSR count). The van der Waals surface area contributed by atoms with E-state index < -0.39 is 0 Å². The number of benzene rings is 2. The number of hydrogen-bond donors (Lipinski definition) is 0. The Kier molecular flexibility index (Phi) is 7.29. The molecule has 0 saturated carbocycles. The molecule has 0 bridgehead atoms. The van der Waals surface area contributed by atoms with Gasteiger partial charge in [0, 0.05) is 50.3 Å². The van der Waals surface area contributed by atoms with Crippen molar-refractivity contribution in [3.8, 4) is 11.8 Å². The van der Waals surface area contributed by atoms with E-state index in [9.17, 15) is 4.79 Å². The molecule has 1 saturated heterocycles. The number of nitrogens with zero attached hydrogens (tertiary/aromatic N) is 4. The molecule has 2 heterocycles. The highest BCUT2D eigenvalue weighted by Gasteiger charge is 2.14. The van der Waals surface area contributed by atoms with Gasteiger partial charge in [0.2, 0.25) is 0 Å². The normalized spacial score (nSPS) is 14.5. The molecule has 1 aromatic heterocycles. The van der Waals surface area contributed by atoms with Crippen LogP contribution in [0.25, 0.3) is 0 Å². The zero-order chi connectivity index (χ0) is 23.2. The van der Waals surface area contributed by atoms with Crippen molar-refractivity contribution in [2.45, 2.75) is 26.8 Å². The summed E-state index contributed by atoms with van der Waals surface area (Å²) in [4.78, 5) is 26.5. The van der Waals surface area contributed by atoms with Gasteiger partial charge in [-0.3, -0.25) is 14.7 Å². The molecule has 1 fully saturated rings. The van der Waals surface area contributed by atoms with E-state index in [4.69, 9.17) is 0 Å². The minimum Gasteiger partial charge on any atom is -0.304 e. The van der Waals surface area contributed by atoms with Crippen LogP contribution in [0.4, 0.5) is 0 Å². The monoisotopic (exact) mass is 438 g/mol. The second kappa shape index (κ2) is 10.5. The van der Waals surface area contributed by atoms with Crippen molar-refractivity contribution >= 4 is 5.78 Å². The molecule has 5 nitrogen and oxygen atoms in total. The zero-order valence-electron chi connectivity index (χ0n) is 19.6. The maximum atomic E-state index is 12.9. The summed E-state index contributed by atoms with van der Waals surface area (Å²) in [7, 11) is 2.17. The van der Waals surface area contributed by atoms with Crippen molar-refractivity contribution in [2.75, 3.05) is 33.2 Å². The van der Waals surface area contributed by atoms with Gasteiger partial charge in [-0.2, -0.15) is 0 Å². The second-order valence-corrected chi connectivity index (χ2v) is 8.75. The lowest BCUT2D eigenvalue weighted by Gasteiger charge is -2.32. The first-order valence-electron chi connectivity index (χ1n) is 11.4. The van der Waals surface area contributed by atoms with Crippen LogP contribution in [0, 0.1) is 25.7 Å². The molecule has 33 heavy (non-hydrogen) atoms. The summed E-state index contributed by atoms with van der Waals surface area (Å²) in [5.41, 5.74) is 6.21. The number of rotatable bonds is 5. The summed E-state index contributed by atoms with van der Waals surface area (Å²) >= 11 is 0. The van der Waals surface area contributed by atoms with Gasteiger partial charge in [-0.05, 0) is 50.1 Å². The van der Waals surface area contributed by atoms with Crippen LogP contribution < -0.4 is 0 Å². The van der Waals surface area contributed by atoms with E-state index in [-0.39, 0.29) is 5.78 Å². The lowest BCUT2D eigenvalue weighted by atomic mass is 10.0. The first-order valence-corrected chi connectivity index (χ1v) is 11.4. The van der Waals surface area contributed by atoms with Crippen molar-refractivity contribution < 1.29 is 4.79 Å². The van der Waals surface area contributed by atoms with Gasteiger partial charge in [0.1, 0.15) is 5.69 Å². The molecule has 0 aliphatic carbocycles. The lowest BCUT2D eigenvalue weighted by molar-refractivity contribution is 0.0993. The molecular weight excluding hydrogens is 408 g/mol. The fourth-order valence-corrected chi connectivity index (χ4v) is 3.82. The summed E-state index contributed by atoms with van der Waals surface area (Å²) in [5, 5.41) is 0. The number of carbonyl (C=O) groups is 1. The Hall–Kier alpha value is -3.33. The summed E-state index contributed by atoms with van der Waals surface area (Å²) in [6.07, 6.45) is 2.06. The van der Waals surface area contributed by atoms with Crippen LogP contribution in [0.15, 0.2) is 54.7 Å². The highest BCUT2D eigenvalue weighted by molar-refractivity contribution is 5.97. The smallest absolute Gasteiger partial charge is 0.167 e. The zero-order valence-corrected chi connectivity index (χ0v) is 19.6. The van der Waals surface area contributed by atoms with Crippen molar-refractivity contribution in [3.63, 3.8) is 0 Å². The summed E-state index contributed by atoms with van der Waals surface area (Å²) in [6, 6.07) is 15.9. The van der Waals surface area contributed by atoms with Crippen LogP contribution in [0.1, 0.15) is 44.1 Å². The minimum absolute atomic E-state index is 0.0939. The Morgan fingerprint density at radius 1 is 0.939 bits per heavy atom. The summed E-state index contributed by atoms with van der Waals surface area (Å²) in [6.45, 7) is 9.26. The second-order valence-electron chi connectivity index (χ2n) is 8.75. The van der Waals surface area contributed by atoms with Gasteiger partial charge in [-0.1, -0.05) is 42.3 Å². The molecular formula is C28H30N4O. The predicted octanol–water partition coefficient (Wildman–Crippen LogP) is 3.67. The fourth-order valence-electron chi connectivity index (χ4n) is 3.82. The number of piperazine rings is 1. The fraction of sp³-hybridized carbons (Fsp3) is 0.321. The number of likely N-dealkylation sites (N-methyl/N-ethyl adjacent to an activating group) is 1. The average molecular weight is 439 g/mol. The number of aromatic nitrogens is 2. The molecule has 0 spiro atoms. The van der Waals surface area contributed by atoms with Gasteiger partial charge >= 0.3 is 0 Å². The van der Waals surface area contributed by atoms with Gasteiger partial charge in [0.25, 0.3) is 0 Å². The Labute approximate surface area is 196 Å². The number of ketones is 1. The molecule has 0 N–H and O–H groups in total. The van der Waals surface area contributed by atoms with Crippen LogP contribution in [0.3, 0.4) is 0 Å². The van der Waals surface area contributed by atoms with Crippen molar-refractivity contribution in [3.05, 3.63) is 94.1 Å². The van der Waals surface area contributed by atoms with Gasteiger partial charge in [-0.25, -0.2) is 4.98 Å². The summed E-state index contributed by atoms with van der Waals surface area (Å²) in [5.74, 6) is 6.24. The standard InChI is InChI=1S/C28H30N4O/c1-21-22(2)30-27(19-29-21)12-11-23-5-4-6-26(17-23)28(33)18-24-7-9-25(10-8-24)20-32-15-13-31(3)14-16-32/h4-10,17,19H,13-16,18,20H2,1-3H3. The van der Waals surface area contributed by atoms with E-state index in [1.807, 2.05) is 38.1 Å². The molecule has 3 aromatic rings. The Morgan fingerprint density at radius 2 is 1.67 bits per heavy atom. The Bertz CT molecular complexity index is 1180. The van der Waals surface area contributed by atoms with Crippen molar-refractivity contribution in [1.29, 1.82) is 0 Å². The van der Waals surface area contributed by atoms with E-state index in [1.54, 1.807) is 6.20 Å². The molecule has 0 amide bonds. The van der Waals surface area contributed by atoms with Crippen molar-refractivity contribution in [1.82, 2.24) is 19.8 Å². The maximum absolute atomic E-state index is 12.9. The molecule has 0 unspecified atom stereocenters. The number of hydrogen-bond acceptors (Lipinski definition) is 5. The highest BCUT2D eigenvalue weighted by Crippen LogP contribution is 2.13.